The van der Waals surface area contributed by atoms with Crippen LogP contribution in [0.1, 0.15) is 11.1 Å². The van der Waals surface area contributed by atoms with Crippen molar-refractivity contribution in [1.29, 1.82) is 0 Å². The molecule has 0 saturated carbocycles. The zero-order valence-electron chi connectivity index (χ0n) is 13.4. The van der Waals surface area contributed by atoms with E-state index in [1.807, 2.05) is 53.4 Å². The highest BCUT2D eigenvalue weighted by Crippen LogP contribution is 2.27. The van der Waals surface area contributed by atoms with Crippen LogP contribution in [0.25, 0.3) is 0 Å². The van der Waals surface area contributed by atoms with E-state index in [4.69, 9.17) is 5.11 Å². The van der Waals surface area contributed by atoms with Gasteiger partial charge in [-0.3, -0.25) is 9.59 Å². The zero-order valence-corrected chi connectivity index (χ0v) is 13.4. The number of carboxylic acids is 1. The number of anilines is 1. The van der Waals surface area contributed by atoms with E-state index in [-0.39, 0.29) is 19.0 Å². The van der Waals surface area contributed by atoms with E-state index in [1.54, 1.807) is 0 Å². The average molecular weight is 324 g/mol. The standard InChI is InChI=1S/C19H20N2O3/c22-18(13-20-11-10-16-8-4-5-9-17(16)20)21(14-19(23)24)12-15-6-2-1-3-7-15/h1-9H,10-14H2,(H,23,24). The van der Waals surface area contributed by atoms with Crippen LogP contribution in [0.15, 0.2) is 54.6 Å². The lowest BCUT2D eigenvalue weighted by molar-refractivity contribution is -0.144. The van der Waals surface area contributed by atoms with Gasteiger partial charge in [-0.05, 0) is 23.6 Å². The van der Waals surface area contributed by atoms with E-state index < -0.39 is 5.97 Å². The van der Waals surface area contributed by atoms with Gasteiger partial charge in [-0.25, -0.2) is 0 Å². The van der Waals surface area contributed by atoms with E-state index >= 15 is 0 Å². The third-order valence-corrected chi connectivity index (χ3v) is 4.20. The van der Waals surface area contributed by atoms with Crippen LogP contribution in [0.5, 0.6) is 0 Å². The molecule has 0 spiro atoms. The van der Waals surface area contributed by atoms with Gasteiger partial charge < -0.3 is 14.9 Å². The van der Waals surface area contributed by atoms with E-state index in [0.717, 1.165) is 24.2 Å². The first kappa shape index (κ1) is 16.1. The van der Waals surface area contributed by atoms with Gasteiger partial charge in [0.25, 0.3) is 0 Å². The van der Waals surface area contributed by atoms with Gasteiger partial charge in [-0.15, -0.1) is 0 Å². The van der Waals surface area contributed by atoms with E-state index in [9.17, 15) is 9.59 Å². The van der Waals surface area contributed by atoms with Crippen LogP contribution in [-0.4, -0.2) is 41.5 Å². The molecule has 1 amide bonds. The summed E-state index contributed by atoms with van der Waals surface area (Å²) >= 11 is 0. The van der Waals surface area contributed by atoms with Crippen LogP contribution in [0.4, 0.5) is 5.69 Å². The van der Waals surface area contributed by atoms with Gasteiger partial charge >= 0.3 is 5.97 Å². The zero-order chi connectivity index (χ0) is 16.9. The molecule has 1 N–H and O–H groups in total. The lowest BCUT2D eigenvalue weighted by Crippen LogP contribution is -2.42. The molecule has 24 heavy (non-hydrogen) atoms. The van der Waals surface area contributed by atoms with Crippen LogP contribution in [0.3, 0.4) is 0 Å². The van der Waals surface area contributed by atoms with Crippen LogP contribution >= 0.6 is 0 Å². The van der Waals surface area contributed by atoms with Gasteiger partial charge in [0.15, 0.2) is 0 Å². The summed E-state index contributed by atoms with van der Waals surface area (Å²) in [6, 6.07) is 17.5. The molecule has 5 nitrogen and oxygen atoms in total. The molecule has 0 saturated heterocycles. The minimum absolute atomic E-state index is 0.169. The van der Waals surface area contributed by atoms with Crippen LogP contribution in [0, 0.1) is 0 Å². The summed E-state index contributed by atoms with van der Waals surface area (Å²) in [4.78, 5) is 27.2. The van der Waals surface area contributed by atoms with Gasteiger partial charge in [0.05, 0.1) is 6.54 Å². The highest BCUT2D eigenvalue weighted by Gasteiger charge is 2.24. The number of rotatable bonds is 6. The fraction of sp³-hybridized carbons (Fsp3) is 0.263. The van der Waals surface area contributed by atoms with E-state index in [1.165, 1.54) is 10.5 Å². The second-order valence-electron chi connectivity index (χ2n) is 5.93. The molecule has 2 aromatic rings. The molecule has 0 atom stereocenters. The minimum Gasteiger partial charge on any atom is -0.480 e. The fourth-order valence-electron chi connectivity index (χ4n) is 3.03. The SMILES string of the molecule is O=C(O)CN(Cc1ccccc1)C(=O)CN1CCc2ccccc21. The van der Waals surface area contributed by atoms with Crippen molar-refractivity contribution in [3.63, 3.8) is 0 Å². The summed E-state index contributed by atoms with van der Waals surface area (Å²) in [5.41, 5.74) is 3.23. The average Bonchev–Trinajstić information content (AvgIpc) is 2.98. The second-order valence-corrected chi connectivity index (χ2v) is 5.93. The number of para-hydroxylation sites is 1. The normalized spacial score (nSPS) is 12.8. The topological polar surface area (TPSA) is 60.9 Å². The molecular formula is C19H20N2O3. The highest BCUT2D eigenvalue weighted by atomic mass is 16.4. The molecule has 1 aliphatic rings. The molecule has 0 unspecified atom stereocenters. The van der Waals surface area contributed by atoms with Crippen molar-refractivity contribution in [2.24, 2.45) is 0 Å². The first-order valence-corrected chi connectivity index (χ1v) is 8.00. The lowest BCUT2D eigenvalue weighted by atomic mass is 10.2. The van der Waals surface area contributed by atoms with Crippen molar-refractivity contribution < 1.29 is 14.7 Å². The number of fused-ring (bicyclic) bond motifs is 1. The van der Waals surface area contributed by atoms with Crippen molar-refractivity contribution in [3.8, 4) is 0 Å². The number of carboxylic acid groups (broad SMARTS) is 1. The molecule has 1 aliphatic heterocycles. The van der Waals surface area contributed by atoms with Crippen LogP contribution < -0.4 is 4.90 Å². The maximum absolute atomic E-state index is 12.7. The molecule has 2 aromatic carbocycles. The monoisotopic (exact) mass is 324 g/mol. The van der Waals surface area contributed by atoms with Gasteiger partial charge in [0, 0.05) is 18.8 Å². The van der Waals surface area contributed by atoms with Gasteiger partial charge in [-0.1, -0.05) is 48.5 Å². The quantitative estimate of drug-likeness (QED) is 0.884. The fourth-order valence-corrected chi connectivity index (χ4v) is 3.03. The first-order chi connectivity index (χ1) is 11.6. The van der Waals surface area contributed by atoms with Crippen molar-refractivity contribution >= 4 is 17.6 Å². The third kappa shape index (κ3) is 3.74. The number of hydrogen-bond acceptors (Lipinski definition) is 3. The molecule has 3 rings (SSSR count). The van der Waals surface area contributed by atoms with Crippen molar-refractivity contribution in [1.82, 2.24) is 4.90 Å². The molecule has 5 heteroatoms. The van der Waals surface area contributed by atoms with Crippen LogP contribution in [0.2, 0.25) is 0 Å². The number of benzene rings is 2. The lowest BCUT2D eigenvalue weighted by Gasteiger charge is -2.25. The minimum atomic E-state index is -0.999. The summed E-state index contributed by atoms with van der Waals surface area (Å²) in [7, 11) is 0. The van der Waals surface area contributed by atoms with Gasteiger partial charge in [0.1, 0.15) is 6.54 Å². The molecule has 0 aliphatic carbocycles. The molecule has 0 radical (unpaired) electrons. The summed E-state index contributed by atoms with van der Waals surface area (Å²) in [6.45, 7) is 1.01. The Hall–Kier alpha value is -2.82. The molecule has 0 aromatic heterocycles. The Balaban J connectivity index is 1.71. The number of carbonyl (C=O) groups is 2. The summed E-state index contributed by atoms with van der Waals surface area (Å²) < 4.78 is 0. The molecular weight excluding hydrogens is 304 g/mol. The Morgan fingerprint density at radius 1 is 1.04 bits per heavy atom. The largest absolute Gasteiger partial charge is 0.480 e. The second kappa shape index (κ2) is 7.17. The maximum Gasteiger partial charge on any atom is 0.323 e. The van der Waals surface area contributed by atoms with Gasteiger partial charge in [-0.2, -0.15) is 0 Å². The highest BCUT2D eigenvalue weighted by molar-refractivity contribution is 5.85. The predicted molar refractivity (Wildman–Crippen MR) is 91.9 cm³/mol. The Bertz CT molecular complexity index is 730. The van der Waals surface area contributed by atoms with Crippen molar-refractivity contribution in [3.05, 3.63) is 65.7 Å². The number of aliphatic carboxylic acids is 1. The summed E-state index contributed by atoms with van der Waals surface area (Å²) in [5.74, 6) is -1.17. The Kier molecular flexibility index (Phi) is 4.79. The molecule has 1 heterocycles. The molecule has 0 fully saturated rings. The Morgan fingerprint density at radius 3 is 2.50 bits per heavy atom. The van der Waals surface area contributed by atoms with E-state index in [0.29, 0.717) is 6.54 Å². The Morgan fingerprint density at radius 2 is 1.75 bits per heavy atom. The Labute approximate surface area is 141 Å². The molecule has 0 bridgehead atoms. The number of amides is 1. The predicted octanol–water partition coefficient (Wildman–Crippen LogP) is 2.16. The summed E-state index contributed by atoms with van der Waals surface area (Å²) in [6.07, 6.45) is 0.918. The smallest absolute Gasteiger partial charge is 0.323 e. The van der Waals surface area contributed by atoms with Gasteiger partial charge in [0.2, 0.25) is 5.91 Å². The first-order valence-electron chi connectivity index (χ1n) is 8.00. The maximum atomic E-state index is 12.7. The number of nitrogens with zero attached hydrogens (tertiary/aromatic N) is 2. The number of hydrogen-bond donors (Lipinski definition) is 1. The van der Waals surface area contributed by atoms with Crippen LogP contribution in [-0.2, 0) is 22.6 Å². The van der Waals surface area contributed by atoms with E-state index in [2.05, 4.69) is 6.07 Å². The summed E-state index contributed by atoms with van der Waals surface area (Å²) in [5, 5.41) is 9.12. The molecule has 124 valence electrons. The van der Waals surface area contributed by atoms with Crippen molar-refractivity contribution in [2.75, 3.05) is 24.5 Å². The third-order valence-electron chi connectivity index (χ3n) is 4.20. The van der Waals surface area contributed by atoms with Crippen molar-refractivity contribution in [2.45, 2.75) is 13.0 Å². The number of carbonyl (C=O) groups excluding carboxylic acids is 1.